The number of ether oxygens (including phenoxy) is 1. The van der Waals surface area contributed by atoms with E-state index in [1.807, 2.05) is 0 Å². The van der Waals surface area contributed by atoms with Crippen molar-refractivity contribution in [3.05, 3.63) is 70.6 Å². The van der Waals surface area contributed by atoms with Gasteiger partial charge >= 0.3 is 5.56 Å². The number of aromatic nitrogens is 2. The third-order valence-corrected chi connectivity index (χ3v) is 5.84. The van der Waals surface area contributed by atoms with E-state index in [1.165, 1.54) is 36.5 Å². The van der Waals surface area contributed by atoms with Gasteiger partial charge in [-0.2, -0.15) is 9.78 Å². The topological polar surface area (TPSA) is 98.5 Å². The predicted molar refractivity (Wildman–Crippen MR) is 115 cm³/mol. The monoisotopic (exact) mass is 464 g/mol. The third-order valence-electron chi connectivity index (χ3n) is 4.71. The molecule has 0 aliphatic carbocycles. The van der Waals surface area contributed by atoms with Crippen molar-refractivity contribution >= 4 is 9.84 Å². The zero-order valence-electron chi connectivity index (χ0n) is 17.7. The second kappa shape index (κ2) is 8.79. The van der Waals surface area contributed by atoms with Gasteiger partial charge in [-0.15, -0.1) is 0 Å². The molecule has 0 aliphatic rings. The highest BCUT2D eigenvalue weighted by atomic mass is 32.2. The summed E-state index contributed by atoms with van der Waals surface area (Å²) < 4.78 is 57.1. The van der Waals surface area contributed by atoms with Gasteiger partial charge in [-0.1, -0.05) is 26.0 Å². The lowest BCUT2D eigenvalue weighted by atomic mass is 9.96. The summed E-state index contributed by atoms with van der Waals surface area (Å²) in [6.07, 6.45) is 2.40. The fraction of sp³-hybridized carbons (Fsp3) is 0.273. The van der Waals surface area contributed by atoms with Crippen molar-refractivity contribution < 1.29 is 27.0 Å². The minimum absolute atomic E-state index is 0.000794. The van der Waals surface area contributed by atoms with E-state index in [9.17, 15) is 27.1 Å². The maximum absolute atomic E-state index is 13.7. The van der Waals surface area contributed by atoms with Crippen molar-refractivity contribution in [3.8, 4) is 22.6 Å². The molecule has 32 heavy (non-hydrogen) atoms. The summed E-state index contributed by atoms with van der Waals surface area (Å²) in [5.74, 6) is -2.33. The van der Waals surface area contributed by atoms with Crippen molar-refractivity contribution in [2.45, 2.75) is 18.7 Å². The van der Waals surface area contributed by atoms with Gasteiger partial charge in [0.05, 0.1) is 30.0 Å². The lowest BCUT2D eigenvalue weighted by molar-refractivity contribution is 0.0968. The molecule has 1 N–H and O–H groups in total. The molecule has 0 saturated carbocycles. The summed E-state index contributed by atoms with van der Waals surface area (Å²) in [5, 5.41) is 13.6. The first-order valence-electron chi connectivity index (χ1n) is 9.55. The van der Waals surface area contributed by atoms with Gasteiger partial charge in [0, 0.05) is 23.3 Å². The number of hydrogen-bond acceptors (Lipinski definition) is 6. The van der Waals surface area contributed by atoms with Crippen LogP contribution in [0.5, 0.6) is 5.75 Å². The molecule has 10 heteroatoms. The third kappa shape index (κ3) is 5.03. The Bertz CT molecular complexity index is 1300. The quantitative estimate of drug-likeness (QED) is 0.577. The van der Waals surface area contributed by atoms with Gasteiger partial charge in [0.2, 0.25) is 0 Å². The van der Waals surface area contributed by atoms with E-state index in [0.29, 0.717) is 5.56 Å². The zero-order valence-corrected chi connectivity index (χ0v) is 18.5. The van der Waals surface area contributed by atoms with Crippen LogP contribution in [-0.2, 0) is 9.84 Å². The maximum atomic E-state index is 13.7. The second-order valence-corrected chi connectivity index (χ2v) is 10.1. The lowest BCUT2D eigenvalue weighted by Gasteiger charge is -2.22. The number of nitrogens with zero attached hydrogens (tertiary/aromatic N) is 2. The lowest BCUT2D eigenvalue weighted by Crippen LogP contribution is -2.29. The van der Waals surface area contributed by atoms with E-state index in [2.05, 4.69) is 5.10 Å². The molecule has 0 atom stereocenters. The van der Waals surface area contributed by atoms with E-state index in [1.54, 1.807) is 13.8 Å². The molecule has 0 unspecified atom stereocenters. The number of aliphatic hydroxyl groups is 1. The van der Waals surface area contributed by atoms with Gasteiger partial charge in [-0.05, 0) is 29.8 Å². The number of benzene rings is 2. The first-order chi connectivity index (χ1) is 14.9. The van der Waals surface area contributed by atoms with Crippen molar-refractivity contribution in [1.29, 1.82) is 0 Å². The molecule has 0 saturated heterocycles. The molecule has 3 aromatic rings. The molecule has 2 aromatic carbocycles. The Labute approximate surface area is 183 Å². The van der Waals surface area contributed by atoms with Crippen molar-refractivity contribution in [3.63, 3.8) is 0 Å². The average molecular weight is 464 g/mol. The van der Waals surface area contributed by atoms with Crippen LogP contribution in [0.1, 0.15) is 13.8 Å². The summed E-state index contributed by atoms with van der Waals surface area (Å²) in [6.45, 7) is 3.26. The minimum atomic E-state index is -3.41. The van der Waals surface area contributed by atoms with Crippen LogP contribution in [0.4, 0.5) is 8.78 Å². The fourth-order valence-corrected chi connectivity index (χ4v) is 3.41. The van der Waals surface area contributed by atoms with E-state index < -0.39 is 32.4 Å². The SMILES string of the molecule is CC(C)(CO)COc1c(-c2ccc(S(C)(=O)=O)cc2)cnn(-c2ccc(F)c(F)c2)c1=O. The van der Waals surface area contributed by atoms with Crippen LogP contribution in [0.15, 0.2) is 58.4 Å². The Hall–Kier alpha value is -3.11. The predicted octanol–water partition coefficient (Wildman–Crippen LogP) is 2.98. The highest BCUT2D eigenvalue weighted by Crippen LogP contribution is 2.29. The molecule has 0 amide bonds. The first kappa shape index (κ1) is 23.6. The van der Waals surface area contributed by atoms with Crippen molar-refractivity contribution in [1.82, 2.24) is 9.78 Å². The highest BCUT2D eigenvalue weighted by molar-refractivity contribution is 7.90. The van der Waals surface area contributed by atoms with Gasteiger partial charge < -0.3 is 9.84 Å². The molecule has 0 fully saturated rings. The van der Waals surface area contributed by atoms with Crippen molar-refractivity contribution in [2.75, 3.05) is 19.5 Å². The molecule has 7 nitrogen and oxygen atoms in total. The Balaban J connectivity index is 2.15. The summed E-state index contributed by atoms with van der Waals surface area (Å²) in [5.41, 5.74) is -0.646. The van der Waals surface area contributed by atoms with Crippen LogP contribution >= 0.6 is 0 Å². The molecule has 0 bridgehead atoms. The van der Waals surface area contributed by atoms with E-state index in [-0.39, 0.29) is 35.1 Å². The average Bonchev–Trinajstić information content (AvgIpc) is 2.74. The van der Waals surface area contributed by atoms with Crippen LogP contribution in [0, 0.1) is 17.0 Å². The standard InChI is InChI=1S/C22H22F2N2O5S/c1-22(2,12-27)13-31-20-17(14-4-7-16(8-5-14)32(3,29)30)11-25-26(21(20)28)15-6-9-18(23)19(24)10-15/h4-11,27H,12-13H2,1-3H3. The summed E-state index contributed by atoms with van der Waals surface area (Å²) in [6, 6.07) is 8.74. The maximum Gasteiger partial charge on any atom is 0.314 e. The van der Waals surface area contributed by atoms with Crippen LogP contribution in [0.3, 0.4) is 0 Å². The van der Waals surface area contributed by atoms with Crippen LogP contribution < -0.4 is 10.3 Å². The van der Waals surface area contributed by atoms with Crippen LogP contribution in [0.2, 0.25) is 0 Å². The number of sulfone groups is 1. The highest BCUT2D eigenvalue weighted by Gasteiger charge is 2.22. The van der Waals surface area contributed by atoms with E-state index in [0.717, 1.165) is 23.1 Å². The Morgan fingerprint density at radius 3 is 2.31 bits per heavy atom. The van der Waals surface area contributed by atoms with Crippen LogP contribution in [0.25, 0.3) is 16.8 Å². The molecule has 1 heterocycles. The fourth-order valence-electron chi connectivity index (χ4n) is 2.78. The summed E-state index contributed by atoms with van der Waals surface area (Å²) >= 11 is 0. The normalized spacial score (nSPS) is 12.1. The first-order valence-corrected chi connectivity index (χ1v) is 11.4. The van der Waals surface area contributed by atoms with Crippen LogP contribution in [-0.4, -0.2) is 42.8 Å². The largest absolute Gasteiger partial charge is 0.487 e. The summed E-state index contributed by atoms with van der Waals surface area (Å²) in [7, 11) is -3.41. The van der Waals surface area contributed by atoms with Gasteiger partial charge in [0.15, 0.2) is 27.2 Å². The number of aliphatic hydroxyl groups excluding tert-OH is 1. The molecule has 0 radical (unpaired) electrons. The van der Waals surface area contributed by atoms with Gasteiger partial charge in [-0.3, -0.25) is 4.79 Å². The minimum Gasteiger partial charge on any atom is -0.487 e. The molecule has 170 valence electrons. The molecule has 0 spiro atoms. The second-order valence-electron chi connectivity index (χ2n) is 8.11. The number of halogens is 2. The van der Waals surface area contributed by atoms with E-state index in [4.69, 9.17) is 4.74 Å². The van der Waals surface area contributed by atoms with Gasteiger partial charge in [0.1, 0.15) is 0 Å². The van der Waals surface area contributed by atoms with Gasteiger partial charge in [0.25, 0.3) is 0 Å². The molecule has 3 rings (SSSR count). The molecule has 1 aromatic heterocycles. The van der Waals surface area contributed by atoms with Crippen molar-refractivity contribution in [2.24, 2.45) is 5.41 Å². The zero-order chi connectivity index (χ0) is 23.7. The number of rotatable bonds is 7. The molecular formula is C22H22F2N2O5S. The Morgan fingerprint density at radius 2 is 1.75 bits per heavy atom. The Kier molecular flexibility index (Phi) is 6.47. The number of hydrogen-bond donors (Lipinski definition) is 1. The molecule has 0 aliphatic heterocycles. The van der Waals surface area contributed by atoms with E-state index >= 15 is 0 Å². The van der Waals surface area contributed by atoms with Gasteiger partial charge in [-0.25, -0.2) is 17.2 Å². The Morgan fingerprint density at radius 1 is 1.09 bits per heavy atom. The summed E-state index contributed by atoms with van der Waals surface area (Å²) in [4.78, 5) is 13.3. The molecular weight excluding hydrogens is 442 g/mol. The smallest absolute Gasteiger partial charge is 0.314 e.